The molecule has 0 aromatic rings. The minimum absolute atomic E-state index is 0.155. The Morgan fingerprint density at radius 2 is 2.00 bits per heavy atom. The molecule has 4 heteroatoms. The molecule has 0 aromatic heterocycles. The number of rotatable bonds is 3. The highest BCUT2D eigenvalue weighted by Crippen LogP contribution is 1.96. The Bertz CT molecular complexity index is 183. The van der Waals surface area contributed by atoms with Crippen LogP contribution < -0.4 is 0 Å². The number of hydrogen-bond acceptors (Lipinski definition) is 4. The van der Waals surface area contributed by atoms with Crippen molar-refractivity contribution in [3.8, 4) is 0 Å². The van der Waals surface area contributed by atoms with Crippen LogP contribution in [0, 0.1) is 0 Å². The SMILES string of the molecule is C=C(OC)C(=O)OC(=O)CC. The van der Waals surface area contributed by atoms with Gasteiger partial charge >= 0.3 is 11.9 Å². The first-order valence-corrected chi connectivity index (χ1v) is 3.09. The molecule has 0 N–H and O–H groups in total. The van der Waals surface area contributed by atoms with E-state index in [-0.39, 0.29) is 12.2 Å². The van der Waals surface area contributed by atoms with Gasteiger partial charge in [-0.05, 0) is 6.58 Å². The van der Waals surface area contributed by atoms with Crippen LogP contribution in [0.25, 0.3) is 0 Å². The van der Waals surface area contributed by atoms with Gasteiger partial charge in [-0.15, -0.1) is 0 Å². The largest absolute Gasteiger partial charge is 0.490 e. The van der Waals surface area contributed by atoms with Crippen molar-refractivity contribution in [2.24, 2.45) is 0 Å². The van der Waals surface area contributed by atoms with Gasteiger partial charge in [-0.1, -0.05) is 6.92 Å². The number of ether oxygens (including phenoxy) is 2. The van der Waals surface area contributed by atoms with Crippen LogP contribution in [-0.2, 0) is 19.1 Å². The summed E-state index contributed by atoms with van der Waals surface area (Å²) in [6.45, 7) is 4.80. The second kappa shape index (κ2) is 4.49. The number of methoxy groups -OCH3 is 1. The lowest BCUT2D eigenvalue weighted by molar-refractivity contribution is -0.158. The topological polar surface area (TPSA) is 52.6 Å². The van der Waals surface area contributed by atoms with E-state index in [1.54, 1.807) is 6.92 Å². The van der Waals surface area contributed by atoms with Crippen LogP contribution in [0.15, 0.2) is 12.3 Å². The fourth-order valence-electron chi connectivity index (χ4n) is 0.316. The maximum absolute atomic E-state index is 10.7. The predicted octanol–water partition coefficient (Wildman–Crippen LogP) is 0.626. The summed E-state index contributed by atoms with van der Waals surface area (Å²) in [5.74, 6) is -1.60. The van der Waals surface area contributed by atoms with Crippen molar-refractivity contribution in [3.63, 3.8) is 0 Å². The van der Waals surface area contributed by atoms with Crippen LogP contribution in [-0.4, -0.2) is 19.0 Å². The summed E-state index contributed by atoms with van der Waals surface area (Å²) in [5.41, 5.74) is 0. The van der Waals surface area contributed by atoms with Gasteiger partial charge < -0.3 is 9.47 Å². The van der Waals surface area contributed by atoms with Gasteiger partial charge in [0.25, 0.3) is 0 Å². The summed E-state index contributed by atoms with van der Waals surface area (Å²) >= 11 is 0. The quantitative estimate of drug-likeness (QED) is 0.261. The normalized spacial score (nSPS) is 8.55. The first kappa shape index (κ1) is 9.68. The third kappa shape index (κ3) is 3.40. The monoisotopic (exact) mass is 158 g/mol. The number of carbonyl (C=O) groups is 2. The van der Waals surface area contributed by atoms with Gasteiger partial charge in [0.2, 0.25) is 0 Å². The average Bonchev–Trinajstić information content (AvgIpc) is 2.02. The predicted molar refractivity (Wildman–Crippen MR) is 37.5 cm³/mol. The lowest BCUT2D eigenvalue weighted by atomic mass is 10.5. The van der Waals surface area contributed by atoms with Gasteiger partial charge in [0, 0.05) is 6.42 Å². The van der Waals surface area contributed by atoms with Crippen molar-refractivity contribution < 1.29 is 19.1 Å². The molecule has 4 nitrogen and oxygen atoms in total. The maximum atomic E-state index is 10.7. The molecule has 0 amide bonds. The average molecular weight is 158 g/mol. The van der Waals surface area contributed by atoms with Crippen molar-refractivity contribution >= 4 is 11.9 Å². The summed E-state index contributed by atoms with van der Waals surface area (Å²) in [5, 5.41) is 0. The van der Waals surface area contributed by atoms with E-state index >= 15 is 0 Å². The minimum atomic E-state index is -0.834. The summed E-state index contributed by atoms with van der Waals surface area (Å²) in [4.78, 5) is 21.2. The van der Waals surface area contributed by atoms with E-state index in [4.69, 9.17) is 0 Å². The molecule has 11 heavy (non-hydrogen) atoms. The van der Waals surface area contributed by atoms with Crippen LogP contribution in [0.2, 0.25) is 0 Å². The standard InChI is InChI=1S/C7H10O4/c1-4-6(8)11-7(9)5(2)10-3/h2,4H2,1,3H3. The Labute approximate surface area is 64.8 Å². The van der Waals surface area contributed by atoms with Gasteiger partial charge in [0.1, 0.15) is 0 Å². The van der Waals surface area contributed by atoms with Crippen molar-refractivity contribution in [1.82, 2.24) is 0 Å². The number of hydrogen-bond donors (Lipinski definition) is 0. The van der Waals surface area contributed by atoms with Gasteiger partial charge in [-0.25, -0.2) is 4.79 Å². The Morgan fingerprint density at radius 1 is 1.45 bits per heavy atom. The van der Waals surface area contributed by atoms with Gasteiger partial charge in [-0.3, -0.25) is 4.79 Å². The fourth-order valence-corrected chi connectivity index (χ4v) is 0.316. The zero-order valence-electron chi connectivity index (χ0n) is 6.55. The van der Waals surface area contributed by atoms with Crippen molar-refractivity contribution in [2.45, 2.75) is 13.3 Å². The molecule has 0 fully saturated rings. The Balaban J connectivity index is 3.88. The van der Waals surface area contributed by atoms with Crippen LogP contribution in [0.4, 0.5) is 0 Å². The zero-order valence-corrected chi connectivity index (χ0v) is 6.55. The molecule has 0 unspecified atom stereocenters. The van der Waals surface area contributed by atoms with Gasteiger partial charge in [0.05, 0.1) is 7.11 Å². The Hall–Kier alpha value is -1.32. The molecule has 0 aliphatic carbocycles. The third-order valence-corrected chi connectivity index (χ3v) is 0.969. The number of esters is 2. The zero-order chi connectivity index (χ0) is 8.85. The van der Waals surface area contributed by atoms with E-state index in [0.717, 1.165) is 0 Å². The van der Waals surface area contributed by atoms with Gasteiger partial charge in [0.15, 0.2) is 5.76 Å². The molecule has 0 atom stereocenters. The van der Waals surface area contributed by atoms with E-state index in [2.05, 4.69) is 16.1 Å². The van der Waals surface area contributed by atoms with Crippen molar-refractivity contribution in [3.05, 3.63) is 12.3 Å². The highest BCUT2D eigenvalue weighted by Gasteiger charge is 2.11. The van der Waals surface area contributed by atoms with E-state index in [1.165, 1.54) is 7.11 Å². The van der Waals surface area contributed by atoms with E-state index in [9.17, 15) is 9.59 Å². The molecule has 0 saturated heterocycles. The molecule has 0 heterocycles. The molecular weight excluding hydrogens is 148 g/mol. The molecule has 0 radical (unpaired) electrons. The third-order valence-electron chi connectivity index (χ3n) is 0.969. The lowest BCUT2D eigenvalue weighted by Gasteiger charge is -2.01. The molecule has 62 valence electrons. The van der Waals surface area contributed by atoms with Gasteiger partial charge in [-0.2, -0.15) is 0 Å². The van der Waals surface area contributed by atoms with E-state index in [0.29, 0.717) is 0 Å². The van der Waals surface area contributed by atoms with Crippen LogP contribution >= 0.6 is 0 Å². The molecule has 0 aliphatic heterocycles. The molecule has 0 spiro atoms. The fraction of sp³-hybridized carbons (Fsp3) is 0.429. The van der Waals surface area contributed by atoms with Crippen molar-refractivity contribution in [1.29, 1.82) is 0 Å². The summed E-state index contributed by atoms with van der Waals surface area (Å²) in [6.07, 6.45) is 0.155. The van der Waals surface area contributed by atoms with Crippen LogP contribution in [0.5, 0.6) is 0 Å². The molecule has 0 rings (SSSR count). The maximum Gasteiger partial charge on any atom is 0.380 e. The summed E-state index contributed by atoms with van der Waals surface area (Å²) in [6, 6.07) is 0. The lowest BCUT2D eigenvalue weighted by Crippen LogP contribution is -2.13. The van der Waals surface area contributed by atoms with E-state index in [1.807, 2.05) is 0 Å². The molecule has 0 bridgehead atoms. The van der Waals surface area contributed by atoms with Crippen LogP contribution in [0.1, 0.15) is 13.3 Å². The smallest absolute Gasteiger partial charge is 0.380 e. The highest BCUT2D eigenvalue weighted by atomic mass is 16.6. The molecule has 0 saturated carbocycles. The minimum Gasteiger partial charge on any atom is -0.490 e. The Kier molecular flexibility index (Phi) is 3.95. The summed E-state index contributed by atoms with van der Waals surface area (Å²) in [7, 11) is 1.28. The second-order valence-electron chi connectivity index (χ2n) is 1.74. The van der Waals surface area contributed by atoms with Crippen LogP contribution in [0.3, 0.4) is 0 Å². The molecular formula is C7H10O4. The molecule has 0 aromatic carbocycles. The highest BCUT2D eigenvalue weighted by molar-refractivity contribution is 5.94. The number of carbonyl (C=O) groups excluding carboxylic acids is 2. The molecule has 0 aliphatic rings. The summed E-state index contributed by atoms with van der Waals surface area (Å²) < 4.78 is 8.69. The second-order valence-corrected chi connectivity index (χ2v) is 1.74. The first-order valence-electron chi connectivity index (χ1n) is 3.09. The van der Waals surface area contributed by atoms with E-state index < -0.39 is 11.9 Å². The first-order chi connectivity index (χ1) is 5.11. The Morgan fingerprint density at radius 3 is 2.36 bits per heavy atom. The van der Waals surface area contributed by atoms with Crippen molar-refractivity contribution in [2.75, 3.05) is 7.11 Å².